The van der Waals surface area contributed by atoms with Crippen molar-refractivity contribution in [3.63, 3.8) is 0 Å². The van der Waals surface area contributed by atoms with Crippen molar-refractivity contribution in [3.05, 3.63) is 29.8 Å². The number of hydrogen-bond acceptors (Lipinski definition) is 3. The number of thioether (sulfide) groups is 1. The van der Waals surface area contributed by atoms with Crippen molar-refractivity contribution in [2.45, 2.75) is 63.3 Å². The van der Waals surface area contributed by atoms with E-state index in [1.165, 1.54) is 5.56 Å². The van der Waals surface area contributed by atoms with Crippen molar-refractivity contribution >= 4 is 17.7 Å². The molecule has 2 unspecified atom stereocenters. The van der Waals surface area contributed by atoms with Gasteiger partial charge in [-0.2, -0.15) is 0 Å². The third-order valence-corrected chi connectivity index (χ3v) is 4.27. The van der Waals surface area contributed by atoms with Gasteiger partial charge in [0.15, 0.2) is 0 Å². The summed E-state index contributed by atoms with van der Waals surface area (Å²) >= 11 is 1.61. The summed E-state index contributed by atoms with van der Waals surface area (Å²) in [5, 5.41) is 6.36. The monoisotopic (exact) mass is 308 g/mol. The van der Waals surface area contributed by atoms with Gasteiger partial charge in [-0.05, 0) is 58.4 Å². The lowest BCUT2D eigenvalue weighted by Gasteiger charge is -2.17. The fourth-order valence-electron chi connectivity index (χ4n) is 2.00. The van der Waals surface area contributed by atoms with Gasteiger partial charge in [-0.1, -0.05) is 19.1 Å². The number of hydrogen-bond donors (Lipinski definition) is 2. The fraction of sp³-hybridized carbons (Fsp3) is 0.588. The summed E-state index contributed by atoms with van der Waals surface area (Å²) in [6, 6.07) is 8.97. The van der Waals surface area contributed by atoms with Crippen LogP contribution in [0.15, 0.2) is 29.2 Å². The van der Waals surface area contributed by atoms with Gasteiger partial charge in [0.25, 0.3) is 0 Å². The Morgan fingerprint density at radius 3 is 2.57 bits per heavy atom. The fourth-order valence-corrected chi connectivity index (χ4v) is 2.94. The van der Waals surface area contributed by atoms with Crippen molar-refractivity contribution in [2.75, 3.05) is 6.54 Å². The van der Waals surface area contributed by atoms with Crippen LogP contribution in [0.2, 0.25) is 0 Å². The van der Waals surface area contributed by atoms with Crippen molar-refractivity contribution in [3.8, 4) is 0 Å². The van der Waals surface area contributed by atoms with Crippen LogP contribution >= 0.6 is 11.8 Å². The Morgan fingerprint density at radius 2 is 1.95 bits per heavy atom. The first-order valence-corrected chi connectivity index (χ1v) is 8.62. The lowest BCUT2D eigenvalue weighted by Crippen LogP contribution is -2.35. The van der Waals surface area contributed by atoms with E-state index in [-0.39, 0.29) is 17.2 Å². The quantitative estimate of drug-likeness (QED) is 0.719. The highest BCUT2D eigenvalue weighted by Crippen LogP contribution is 2.26. The first-order chi connectivity index (χ1) is 9.93. The zero-order valence-corrected chi connectivity index (χ0v) is 14.6. The predicted molar refractivity (Wildman–Crippen MR) is 91.7 cm³/mol. The van der Waals surface area contributed by atoms with Crippen molar-refractivity contribution in [2.24, 2.45) is 0 Å². The van der Waals surface area contributed by atoms with E-state index >= 15 is 0 Å². The van der Waals surface area contributed by atoms with Crippen LogP contribution in [0, 0.1) is 0 Å². The van der Waals surface area contributed by atoms with Gasteiger partial charge in [0.2, 0.25) is 5.91 Å². The Hall–Kier alpha value is -1.00. The average Bonchev–Trinajstić information content (AvgIpc) is 2.44. The van der Waals surface area contributed by atoms with Crippen LogP contribution in [0.3, 0.4) is 0 Å². The van der Waals surface area contributed by atoms with E-state index in [0.717, 1.165) is 17.9 Å². The molecule has 0 fully saturated rings. The molecule has 1 rings (SSSR count). The lowest BCUT2D eigenvalue weighted by atomic mass is 10.1. The largest absolute Gasteiger partial charge is 0.353 e. The van der Waals surface area contributed by atoms with Crippen LogP contribution in [0.4, 0.5) is 0 Å². The van der Waals surface area contributed by atoms with E-state index in [1.54, 1.807) is 11.8 Å². The standard InChI is InChI=1S/C17H28N2OS/c1-6-10-18-13(4)15-8-7-9-16(11-15)21-14(5)17(20)19-12(2)3/h7-9,11-14,18H,6,10H2,1-5H3,(H,19,20). The molecule has 0 saturated carbocycles. The Balaban J connectivity index is 2.65. The molecule has 2 atom stereocenters. The van der Waals surface area contributed by atoms with E-state index in [1.807, 2.05) is 20.8 Å². The molecular formula is C17H28N2OS. The van der Waals surface area contributed by atoms with Gasteiger partial charge in [0.1, 0.15) is 0 Å². The van der Waals surface area contributed by atoms with Gasteiger partial charge in [-0.15, -0.1) is 11.8 Å². The first-order valence-electron chi connectivity index (χ1n) is 7.74. The maximum atomic E-state index is 12.0. The molecule has 3 nitrogen and oxygen atoms in total. The topological polar surface area (TPSA) is 41.1 Å². The molecule has 21 heavy (non-hydrogen) atoms. The van der Waals surface area contributed by atoms with E-state index in [4.69, 9.17) is 0 Å². The van der Waals surface area contributed by atoms with Crippen LogP contribution in [-0.2, 0) is 4.79 Å². The molecular weight excluding hydrogens is 280 g/mol. The Morgan fingerprint density at radius 1 is 1.24 bits per heavy atom. The van der Waals surface area contributed by atoms with Crippen molar-refractivity contribution < 1.29 is 4.79 Å². The zero-order chi connectivity index (χ0) is 15.8. The van der Waals surface area contributed by atoms with Crippen LogP contribution < -0.4 is 10.6 Å². The highest BCUT2D eigenvalue weighted by atomic mass is 32.2. The molecule has 0 radical (unpaired) electrons. The molecule has 0 aliphatic carbocycles. The molecule has 0 spiro atoms. The number of amides is 1. The minimum Gasteiger partial charge on any atom is -0.353 e. The van der Waals surface area contributed by atoms with E-state index in [9.17, 15) is 4.79 Å². The van der Waals surface area contributed by atoms with Crippen LogP contribution in [-0.4, -0.2) is 23.7 Å². The minimum absolute atomic E-state index is 0.0819. The lowest BCUT2D eigenvalue weighted by molar-refractivity contribution is -0.120. The summed E-state index contributed by atoms with van der Waals surface area (Å²) < 4.78 is 0. The maximum Gasteiger partial charge on any atom is 0.233 e. The number of benzene rings is 1. The zero-order valence-electron chi connectivity index (χ0n) is 13.8. The summed E-state index contributed by atoms with van der Waals surface area (Å²) in [7, 11) is 0. The number of rotatable bonds is 8. The van der Waals surface area contributed by atoms with Gasteiger partial charge in [0, 0.05) is 17.0 Å². The Bertz CT molecular complexity index is 448. The normalized spacial score (nSPS) is 14.0. The number of carbonyl (C=O) groups excluding carboxylic acids is 1. The number of nitrogens with one attached hydrogen (secondary N) is 2. The predicted octanol–water partition coefficient (Wildman–Crippen LogP) is 3.75. The highest BCUT2D eigenvalue weighted by molar-refractivity contribution is 8.00. The number of carbonyl (C=O) groups is 1. The molecule has 0 saturated heterocycles. The second kappa shape index (κ2) is 9.11. The SMILES string of the molecule is CCCNC(C)c1cccc(SC(C)C(=O)NC(C)C)c1. The molecule has 2 N–H and O–H groups in total. The van der Waals surface area contributed by atoms with Gasteiger partial charge < -0.3 is 10.6 Å². The van der Waals surface area contributed by atoms with Crippen molar-refractivity contribution in [1.82, 2.24) is 10.6 Å². The van der Waals surface area contributed by atoms with Gasteiger partial charge >= 0.3 is 0 Å². The Labute approximate surface area is 133 Å². The molecule has 1 aromatic rings. The smallest absolute Gasteiger partial charge is 0.233 e. The minimum atomic E-state index is -0.0819. The third kappa shape index (κ3) is 6.53. The molecule has 0 heterocycles. The second-order valence-electron chi connectivity index (χ2n) is 5.67. The van der Waals surface area contributed by atoms with E-state index in [2.05, 4.69) is 48.7 Å². The van der Waals surface area contributed by atoms with Crippen LogP contribution in [0.1, 0.15) is 52.6 Å². The molecule has 118 valence electrons. The average molecular weight is 308 g/mol. The maximum absolute atomic E-state index is 12.0. The van der Waals surface area contributed by atoms with E-state index in [0.29, 0.717) is 6.04 Å². The first kappa shape index (κ1) is 18.1. The molecule has 1 aromatic carbocycles. The Kier molecular flexibility index (Phi) is 7.83. The summed E-state index contributed by atoms with van der Waals surface area (Å²) in [5.74, 6) is 0.0950. The summed E-state index contributed by atoms with van der Waals surface area (Å²) in [6.45, 7) is 11.3. The third-order valence-electron chi connectivity index (χ3n) is 3.17. The molecule has 4 heteroatoms. The molecule has 0 aromatic heterocycles. The summed E-state index contributed by atoms with van der Waals surface area (Å²) in [6.07, 6.45) is 1.13. The van der Waals surface area contributed by atoms with E-state index < -0.39 is 0 Å². The molecule has 1 amide bonds. The van der Waals surface area contributed by atoms with Crippen LogP contribution in [0.25, 0.3) is 0 Å². The summed E-state index contributed by atoms with van der Waals surface area (Å²) in [5.41, 5.74) is 1.27. The van der Waals surface area contributed by atoms with Crippen LogP contribution in [0.5, 0.6) is 0 Å². The molecule has 0 aliphatic heterocycles. The molecule has 0 bridgehead atoms. The summed E-state index contributed by atoms with van der Waals surface area (Å²) in [4.78, 5) is 13.1. The van der Waals surface area contributed by atoms with Gasteiger partial charge in [-0.25, -0.2) is 0 Å². The van der Waals surface area contributed by atoms with Gasteiger partial charge in [0.05, 0.1) is 5.25 Å². The molecule has 0 aliphatic rings. The van der Waals surface area contributed by atoms with Crippen molar-refractivity contribution in [1.29, 1.82) is 0 Å². The van der Waals surface area contributed by atoms with Gasteiger partial charge in [-0.3, -0.25) is 4.79 Å². The second-order valence-corrected chi connectivity index (χ2v) is 7.09. The highest BCUT2D eigenvalue weighted by Gasteiger charge is 2.15.